The zero-order valence-electron chi connectivity index (χ0n) is 18.9. The Hall–Kier alpha value is -3.80. The molecule has 0 aromatic heterocycles. The first-order chi connectivity index (χ1) is 15.6. The molecule has 0 unspecified atom stereocenters. The van der Waals surface area contributed by atoms with Crippen LogP contribution in [0, 0.1) is 24.5 Å². The Morgan fingerprint density at radius 3 is 2.03 bits per heavy atom. The average molecular weight is 450 g/mol. The van der Waals surface area contributed by atoms with E-state index in [2.05, 4.69) is 6.58 Å². The van der Waals surface area contributed by atoms with Crippen LogP contribution in [0.4, 0.5) is 8.78 Å². The van der Waals surface area contributed by atoms with Crippen molar-refractivity contribution in [3.63, 3.8) is 0 Å². The highest BCUT2D eigenvalue weighted by molar-refractivity contribution is 5.89. The Morgan fingerprint density at radius 1 is 0.848 bits per heavy atom. The van der Waals surface area contributed by atoms with Crippen LogP contribution in [0.15, 0.2) is 66.7 Å². The average Bonchev–Trinajstić information content (AvgIpc) is 2.75. The molecule has 0 fully saturated rings. The molecule has 3 aromatic carbocycles. The number of hydrogen-bond donors (Lipinski definition) is 0. The predicted octanol–water partition coefficient (Wildman–Crippen LogP) is 6.65. The van der Waals surface area contributed by atoms with E-state index in [-0.39, 0.29) is 16.9 Å². The van der Waals surface area contributed by atoms with Crippen molar-refractivity contribution in [1.29, 1.82) is 0 Å². The van der Waals surface area contributed by atoms with E-state index in [0.29, 0.717) is 16.9 Å². The summed E-state index contributed by atoms with van der Waals surface area (Å²) in [6, 6.07) is 13.7. The van der Waals surface area contributed by atoms with Crippen molar-refractivity contribution in [1.82, 2.24) is 0 Å². The lowest BCUT2D eigenvalue weighted by atomic mass is 9.96. The highest BCUT2D eigenvalue weighted by atomic mass is 19.1. The van der Waals surface area contributed by atoms with Crippen LogP contribution in [0.3, 0.4) is 0 Å². The molecule has 0 radical (unpaired) electrons. The second-order valence-corrected chi connectivity index (χ2v) is 8.06. The van der Waals surface area contributed by atoms with E-state index >= 15 is 0 Å². The van der Waals surface area contributed by atoms with Crippen molar-refractivity contribution in [3.05, 3.63) is 83.9 Å². The highest BCUT2D eigenvalue weighted by Gasteiger charge is 2.16. The third-order valence-electron chi connectivity index (χ3n) is 4.96. The lowest BCUT2D eigenvalue weighted by Crippen LogP contribution is -2.15. The van der Waals surface area contributed by atoms with Crippen molar-refractivity contribution in [2.45, 2.75) is 27.7 Å². The third-order valence-corrected chi connectivity index (χ3v) is 4.96. The minimum absolute atomic E-state index is 0.197. The Morgan fingerprint density at radius 2 is 1.45 bits per heavy atom. The number of carbonyl (C=O) groups excluding carboxylic acids is 2. The van der Waals surface area contributed by atoms with E-state index in [1.807, 2.05) is 6.92 Å². The SMILES string of the molecule is C=C(C)C(=O)Oc1ccc(-c2ccc(-c3ccc(OC(=O)C(C)C)c(F)c3)c(F)c2)c(C)c1. The van der Waals surface area contributed by atoms with Crippen molar-refractivity contribution >= 4 is 11.9 Å². The molecule has 0 saturated carbocycles. The molecule has 6 heteroatoms. The number of aryl methyl sites for hydroxylation is 1. The van der Waals surface area contributed by atoms with Gasteiger partial charge in [0.15, 0.2) is 11.6 Å². The second kappa shape index (κ2) is 9.77. The fourth-order valence-electron chi connectivity index (χ4n) is 3.11. The first-order valence-electron chi connectivity index (χ1n) is 10.4. The molecule has 33 heavy (non-hydrogen) atoms. The van der Waals surface area contributed by atoms with Crippen LogP contribution in [-0.2, 0) is 9.59 Å². The Bertz CT molecular complexity index is 1240. The van der Waals surface area contributed by atoms with Crippen LogP contribution < -0.4 is 9.47 Å². The zero-order chi connectivity index (χ0) is 24.3. The lowest BCUT2D eigenvalue weighted by molar-refractivity contribution is -0.138. The number of ether oxygens (including phenoxy) is 2. The number of esters is 2. The molecule has 3 rings (SSSR count). The molecule has 170 valence electrons. The van der Waals surface area contributed by atoms with E-state index in [4.69, 9.17) is 9.47 Å². The summed E-state index contributed by atoms with van der Waals surface area (Å²) in [5.74, 6) is -2.57. The Kier molecular flexibility index (Phi) is 7.07. The van der Waals surface area contributed by atoms with Gasteiger partial charge in [0, 0.05) is 11.1 Å². The number of carbonyl (C=O) groups is 2. The van der Waals surface area contributed by atoms with Crippen LogP contribution in [0.2, 0.25) is 0 Å². The van der Waals surface area contributed by atoms with Gasteiger partial charge in [-0.3, -0.25) is 4.79 Å². The molecule has 4 nitrogen and oxygen atoms in total. The summed E-state index contributed by atoms with van der Waals surface area (Å²) in [6.45, 7) is 10.2. The molecule has 0 amide bonds. The lowest BCUT2D eigenvalue weighted by Gasteiger charge is -2.12. The Labute approximate surface area is 191 Å². The maximum absolute atomic E-state index is 15.0. The quantitative estimate of drug-likeness (QED) is 0.240. The van der Waals surface area contributed by atoms with Crippen molar-refractivity contribution in [3.8, 4) is 33.8 Å². The largest absolute Gasteiger partial charge is 0.423 e. The van der Waals surface area contributed by atoms with Crippen LogP contribution in [0.1, 0.15) is 26.3 Å². The van der Waals surface area contributed by atoms with Crippen molar-refractivity contribution in [2.24, 2.45) is 5.92 Å². The molecule has 3 aromatic rings. The molecule has 0 aliphatic heterocycles. The monoisotopic (exact) mass is 450 g/mol. The van der Waals surface area contributed by atoms with Gasteiger partial charge in [-0.2, -0.15) is 0 Å². The summed E-state index contributed by atoms with van der Waals surface area (Å²) in [7, 11) is 0. The molecule has 0 N–H and O–H groups in total. The van der Waals surface area contributed by atoms with Crippen molar-refractivity contribution in [2.75, 3.05) is 0 Å². The molecule has 0 heterocycles. The molecular formula is C27H24F2O4. The highest BCUT2D eigenvalue weighted by Crippen LogP contribution is 2.33. The van der Waals surface area contributed by atoms with E-state index in [0.717, 1.165) is 17.2 Å². The normalized spacial score (nSPS) is 10.8. The zero-order valence-corrected chi connectivity index (χ0v) is 18.9. The first-order valence-corrected chi connectivity index (χ1v) is 10.4. The molecule has 0 aliphatic carbocycles. The summed E-state index contributed by atoms with van der Waals surface area (Å²) >= 11 is 0. The van der Waals surface area contributed by atoms with Crippen molar-refractivity contribution < 1.29 is 27.8 Å². The van der Waals surface area contributed by atoms with Crippen LogP contribution in [0.25, 0.3) is 22.3 Å². The number of hydrogen-bond acceptors (Lipinski definition) is 4. The maximum Gasteiger partial charge on any atom is 0.338 e. The molecule has 0 atom stereocenters. The Balaban J connectivity index is 1.86. The fraction of sp³-hybridized carbons (Fsp3) is 0.185. The van der Waals surface area contributed by atoms with Gasteiger partial charge in [-0.1, -0.05) is 44.7 Å². The van der Waals surface area contributed by atoms with Gasteiger partial charge in [0.25, 0.3) is 0 Å². The molecular weight excluding hydrogens is 426 g/mol. The molecule has 0 saturated heterocycles. The van der Waals surface area contributed by atoms with Gasteiger partial charge in [-0.15, -0.1) is 0 Å². The minimum atomic E-state index is -0.749. The summed E-state index contributed by atoms with van der Waals surface area (Å²) in [5, 5.41) is 0. The van der Waals surface area contributed by atoms with Gasteiger partial charge in [0.2, 0.25) is 0 Å². The van der Waals surface area contributed by atoms with E-state index in [9.17, 15) is 18.4 Å². The van der Waals surface area contributed by atoms with Gasteiger partial charge in [0.05, 0.1) is 5.92 Å². The van der Waals surface area contributed by atoms with Crippen LogP contribution >= 0.6 is 0 Å². The first kappa shape index (κ1) is 23.9. The van der Waals surface area contributed by atoms with Gasteiger partial charge in [0.1, 0.15) is 11.6 Å². The molecule has 0 spiro atoms. The minimum Gasteiger partial charge on any atom is -0.423 e. The summed E-state index contributed by atoms with van der Waals surface area (Å²) in [6.07, 6.45) is 0. The molecule has 0 bridgehead atoms. The van der Waals surface area contributed by atoms with Crippen LogP contribution in [-0.4, -0.2) is 11.9 Å². The summed E-state index contributed by atoms with van der Waals surface area (Å²) in [4.78, 5) is 23.4. The topological polar surface area (TPSA) is 52.6 Å². The van der Waals surface area contributed by atoms with Gasteiger partial charge >= 0.3 is 11.9 Å². The molecule has 0 aliphatic rings. The van der Waals surface area contributed by atoms with E-state index in [1.165, 1.54) is 18.2 Å². The van der Waals surface area contributed by atoms with E-state index in [1.54, 1.807) is 51.1 Å². The number of benzene rings is 3. The maximum atomic E-state index is 15.0. The fourth-order valence-corrected chi connectivity index (χ4v) is 3.11. The summed E-state index contributed by atoms with van der Waals surface area (Å²) in [5.41, 5.74) is 2.99. The number of rotatable bonds is 6. The second-order valence-electron chi connectivity index (χ2n) is 8.06. The van der Waals surface area contributed by atoms with E-state index < -0.39 is 29.5 Å². The van der Waals surface area contributed by atoms with Gasteiger partial charge < -0.3 is 9.47 Å². The summed E-state index contributed by atoms with van der Waals surface area (Å²) < 4.78 is 39.6. The van der Waals surface area contributed by atoms with Crippen LogP contribution in [0.5, 0.6) is 11.5 Å². The van der Waals surface area contributed by atoms with Gasteiger partial charge in [-0.25, -0.2) is 13.6 Å². The smallest absolute Gasteiger partial charge is 0.338 e. The predicted molar refractivity (Wildman–Crippen MR) is 123 cm³/mol. The number of halogens is 2. The standard InChI is InChI=1S/C27H24F2O4/c1-15(2)26(30)32-20-8-10-21(17(5)12-20)18-6-9-22(23(28)13-18)19-7-11-25(24(29)14-19)33-27(31)16(3)4/h6-14,16H,1H2,2-5H3. The third kappa shape index (κ3) is 5.52. The van der Waals surface area contributed by atoms with Gasteiger partial charge in [-0.05, 0) is 66.4 Å².